The molecule has 1 fully saturated rings. The summed E-state index contributed by atoms with van der Waals surface area (Å²) in [5, 5.41) is 30.4. The van der Waals surface area contributed by atoms with Crippen LogP contribution in [0.4, 0.5) is 21.0 Å². The zero-order valence-electron chi connectivity index (χ0n) is 70.8. The van der Waals surface area contributed by atoms with Crippen LogP contribution in [-0.2, 0) is 89.5 Å². The maximum Gasteiger partial charge on any atom is 0.410 e. The lowest BCUT2D eigenvalue weighted by atomic mass is 9.89. The second kappa shape index (κ2) is 50.6. The monoisotopic (exact) mass is 1640 g/mol. The molecule has 6 rings (SSSR count). The average Bonchev–Trinajstić information content (AvgIpc) is 1.44. The number of urea groups is 1. The highest BCUT2D eigenvalue weighted by molar-refractivity contribution is 5.99. The van der Waals surface area contributed by atoms with Crippen molar-refractivity contribution in [3.05, 3.63) is 131 Å². The quantitative estimate of drug-likeness (QED) is 0.0165. The zero-order valence-corrected chi connectivity index (χ0v) is 70.8. The Kier molecular flexibility index (Phi) is 41.5. The lowest BCUT2D eigenvalue weighted by Gasteiger charge is -2.41. The Hall–Kier alpha value is -10.1. The Morgan fingerprint density at radius 3 is 1.86 bits per heavy atom. The van der Waals surface area contributed by atoms with E-state index in [4.69, 9.17) is 38.9 Å². The van der Waals surface area contributed by atoms with Crippen LogP contribution in [0.1, 0.15) is 160 Å². The third-order valence-corrected chi connectivity index (χ3v) is 21.2. The standard InChI is InChI=1S/C87H126N12O19/c1-14-58(7)78(71(112-12)53-75(103)98-44-24-32-70(98)80(113-13)59(8)81(105)91-60(9)79(104)64-27-17-16-18-28-64)96(10)85(109)76(56(3)4)95-84(108)77(57(5)6)97(11)87(111)118-55-61-33-37-66(38-34-61)92-83(107)68(30-23-42-90-86(88)110)94-82(106)67(15-2)93-73(101)41-45-114-47-49-116-51-52-117-50-48-115-46-43-89-72(100)39-40-74(102)99-54-65-29-20-19-25-62(65)35-36-63-26-21-22-31-69(63)99/h16-22,25-29,31,33-34,37-38,56-60,67-68,70-71,76-80,104H,14-15,23-24,30,32,39-55H2,1-13H3,(H,89,100)(H,91,105)(H,92,107)(H,93,101)(H,94,106)(H,95,108)(H3,88,90,110)/t58-,59+,60+,67-,68-,70-,71+,76-,77-,78-,79+,80+/m0/s1. The smallest absolute Gasteiger partial charge is 0.410 e. The van der Waals surface area contributed by atoms with Crippen molar-refractivity contribution >= 4 is 76.7 Å². The molecule has 0 unspecified atom stereocenters. The topological polar surface area (TPSA) is 396 Å². The number of primary amides is 1. The number of nitrogens with one attached hydrogen (secondary N) is 7. The predicted molar refractivity (Wildman–Crippen MR) is 445 cm³/mol. The summed E-state index contributed by atoms with van der Waals surface area (Å²) in [5.41, 5.74) is 10.0. The van der Waals surface area contributed by atoms with E-state index in [0.717, 1.165) is 16.7 Å². The number of fused-ring (bicyclic) bond motifs is 2. The molecule has 0 saturated carbocycles. The first-order valence-electron chi connectivity index (χ1n) is 41.0. The second-order valence-corrected chi connectivity index (χ2v) is 30.5. The van der Waals surface area contributed by atoms with E-state index in [1.807, 2.05) is 80.6 Å². The highest BCUT2D eigenvalue weighted by Gasteiger charge is 2.44. The van der Waals surface area contributed by atoms with Gasteiger partial charge in [0.2, 0.25) is 53.2 Å². The summed E-state index contributed by atoms with van der Waals surface area (Å²) in [5.74, 6) is 0.907. The SMILES string of the molecule is CC[C@H](NC(=O)CCOCCOCCOCCOCCNC(=O)CCC(=O)N1Cc2ccccc2C#Cc2ccccc21)C(=O)N[C@@H](CCCNC(N)=O)C(=O)Nc1ccc(COC(=O)N(C)[C@H](C(=O)N[C@H](C(=O)N(C)[C@@H]([C@@H](C)CC)[C@@H](CC(=O)N2CCC[C@H]2[C@H](OC)[C@@H](C)C(=O)N[C@H](C)[C@@H](O)c2ccccc2)OC)C(C)C)C(C)C)cc1. The van der Waals surface area contributed by atoms with Crippen LogP contribution in [0.5, 0.6) is 0 Å². The number of aliphatic hydroxyl groups is 1. The molecule has 0 aliphatic carbocycles. The molecule has 118 heavy (non-hydrogen) atoms. The fraction of sp³-hybridized carbons (Fsp3) is 0.575. The van der Waals surface area contributed by atoms with Gasteiger partial charge in [-0.1, -0.05) is 146 Å². The summed E-state index contributed by atoms with van der Waals surface area (Å²) in [4.78, 5) is 156. The van der Waals surface area contributed by atoms with Crippen LogP contribution >= 0.6 is 0 Å². The molecule has 0 aromatic heterocycles. The fourth-order valence-corrected chi connectivity index (χ4v) is 14.4. The van der Waals surface area contributed by atoms with Gasteiger partial charge < -0.3 is 95.9 Å². The summed E-state index contributed by atoms with van der Waals surface area (Å²) >= 11 is 0. The summed E-state index contributed by atoms with van der Waals surface area (Å²) in [6.45, 7) is 19.0. The molecule has 12 amide bonds. The molecule has 10 N–H and O–H groups in total. The van der Waals surface area contributed by atoms with E-state index < -0.39 is 120 Å². The summed E-state index contributed by atoms with van der Waals surface area (Å²) in [7, 11) is 6.08. The number of likely N-dealkylation sites (tertiary alicyclic amines) is 1. The van der Waals surface area contributed by atoms with E-state index in [-0.39, 0.29) is 127 Å². The number of nitrogens with zero attached hydrogens (tertiary/aromatic N) is 4. The van der Waals surface area contributed by atoms with Gasteiger partial charge in [-0.25, -0.2) is 9.59 Å². The number of likely N-dealkylation sites (N-methyl/N-ethyl adjacent to an activating group) is 2. The van der Waals surface area contributed by atoms with Gasteiger partial charge in [0.05, 0.1) is 114 Å². The molecule has 2 heterocycles. The summed E-state index contributed by atoms with van der Waals surface area (Å²) < 4.78 is 40.1. The molecule has 31 heteroatoms. The van der Waals surface area contributed by atoms with E-state index in [2.05, 4.69) is 49.1 Å². The number of nitrogens with two attached hydrogens (primary N) is 1. The Balaban J connectivity index is 0.892. The van der Waals surface area contributed by atoms with E-state index in [9.17, 15) is 57.8 Å². The van der Waals surface area contributed by atoms with Gasteiger partial charge in [0, 0.05) is 84.0 Å². The van der Waals surface area contributed by atoms with Crippen molar-refractivity contribution in [1.82, 2.24) is 46.6 Å². The average molecular weight is 1640 g/mol. The number of benzene rings is 4. The number of anilines is 2. The number of carbonyl (C=O) groups is 11. The molecule has 2 aliphatic rings. The minimum atomic E-state index is -1.12. The first kappa shape index (κ1) is 96.8. The van der Waals surface area contributed by atoms with Gasteiger partial charge in [0.15, 0.2) is 0 Å². The molecule has 2 aliphatic heterocycles. The van der Waals surface area contributed by atoms with Gasteiger partial charge in [0.1, 0.15) is 30.8 Å². The first-order chi connectivity index (χ1) is 56.5. The largest absolute Gasteiger partial charge is 0.445 e. The molecular formula is C87H126N12O19. The van der Waals surface area contributed by atoms with Crippen LogP contribution in [0.2, 0.25) is 0 Å². The summed E-state index contributed by atoms with van der Waals surface area (Å²) in [6, 6.07) is 23.9. The van der Waals surface area contributed by atoms with Gasteiger partial charge in [-0.3, -0.25) is 48.1 Å². The Bertz CT molecular complexity index is 3950. The lowest BCUT2D eigenvalue weighted by molar-refractivity contribution is -0.148. The van der Waals surface area contributed by atoms with Crippen LogP contribution in [0.25, 0.3) is 0 Å². The molecule has 0 bridgehead atoms. The molecule has 4 aromatic rings. The Morgan fingerprint density at radius 1 is 0.602 bits per heavy atom. The third-order valence-electron chi connectivity index (χ3n) is 21.2. The molecule has 4 aromatic carbocycles. The molecule has 12 atom stereocenters. The number of hydrogen-bond acceptors (Lipinski definition) is 19. The van der Waals surface area contributed by atoms with Crippen molar-refractivity contribution < 1.29 is 91.0 Å². The number of rotatable bonds is 50. The van der Waals surface area contributed by atoms with E-state index >= 15 is 0 Å². The number of para-hydroxylation sites is 1. The number of carbonyl (C=O) groups excluding carboxylic acids is 11. The maximum atomic E-state index is 14.9. The second-order valence-electron chi connectivity index (χ2n) is 30.5. The molecule has 0 spiro atoms. The number of aliphatic hydroxyl groups excluding tert-OH is 1. The van der Waals surface area contributed by atoms with Gasteiger partial charge in [-0.05, 0) is 104 Å². The minimum Gasteiger partial charge on any atom is -0.445 e. The normalized spacial score (nSPS) is 15.8. The maximum absolute atomic E-state index is 14.9. The van der Waals surface area contributed by atoms with Crippen LogP contribution in [0.15, 0.2) is 103 Å². The highest BCUT2D eigenvalue weighted by atomic mass is 16.6. The van der Waals surface area contributed by atoms with Crippen molar-refractivity contribution in [3.63, 3.8) is 0 Å². The number of ether oxygens (including phenoxy) is 7. The van der Waals surface area contributed by atoms with Crippen molar-refractivity contribution in [1.29, 1.82) is 0 Å². The highest BCUT2D eigenvalue weighted by Crippen LogP contribution is 2.32. The van der Waals surface area contributed by atoms with Crippen molar-refractivity contribution in [2.24, 2.45) is 29.4 Å². The number of hydrogen-bond donors (Lipinski definition) is 9. The Morgan fingerprint density at radius 2 is 1.23 bits per heavy atom. The number of methoxy groups -OCH3 is 2. The van der Waals surface area contributed by atoms with Gasteiger partial charge in [0.25, 0.3) is 0 Å². The zero-order chi connectivity index (χ0) is 86.4. The van der Waals surface area contributed by atoms with Gasteiger partial charge in [-0.15, -0.1) is 0 Å². The Labute approximate surface area is 694 Å². The van der Waals surface area contributed by atoms with E-state index in [1.165, 1.54) is 26.2 Å². The minimum absolute atomic E-state index is 0.0226. The van der Waals surface area contributed by atoms with E-state index in [1.54, 1.807) is 107 Å². The number of amides is 12. The first-order valence-corrected chi connectivity index (χ1v) is 41.0. The molecule has 648 valence electrons. The van der Waals surface area contributed by atoms with Crippen LogP contribution in [0.3, 0.4) is 0 Å². The van der Waals surface area contributed by atoms with Crippen molar-refractivity contribution in [2.75, 3.05) is 111 Å². The fourth-order valence-electron chi connectivity index (χ4n) is 14.4. The molecule has 0 radical (unpaired) electrons. The lowest BCUT2D eigenvalue weighted by Crippen LogP contribution is -2.60. The van der Waals surface area contributed by atoms with Crippen LogP contribution < -0.4 is 47.9 Å². The van der Waals surface area contributed by atoms with Crippen LogP contribution in [-0.4, -0.2) is 240 Å². The molecular weight excluding hydrogens is 1520 g/mol. The van der Waals surface area contributed by atoms with E-state index in [0.29, 0.717) is 74.7 Å². The van der Waals surface area contributed by atoms with Crippen LogP contribution in [0, 0.1) is 35.5 Å². The van der Waals surface area contributed by atoms with Gasteiger partial charge in [-0.2, -0.15) is 0 Å². The van der Waals surface area contributed by atoms with Crippen molar-refractivity contribution in [3.8, 4) is 11.8 Å². The molecule has 1 saturated heterocycles. The summed E-state index contributed by atoms with van der Waals surface area (Å²) in [6.07, 6.45) is -0.967. The third kappa shape index (κ3) is 30.4. The molecule has 31 nitrogen and oxygen atoms in total. The van der Waals surface area contributed by atoms with Gasteiger partial charge >= 0.3 is 12.1 Å². The van der Waals surface area contributed by atoms with Crippen molar-refractivity contribution in [2.45, 2.75) is 200 Å². The predicted octanol–water partition coefficient (Wildman–Crippen LogP) is 6.65.